The number of anilines is 2. The second kappa shape index (κ2) is 7.52. The summed E-state index contributed by atoms with van der Waals surface area (Å²) in [6, 6.07) is 13.3. The molecule has 3 amide bonds. The maximum absolute atomic E-state index is 13.3. The van der Waals surface area contributed by atoms with E-state index in [0.717, 1.165) is 24.9 Å². The van der Waals surface area contributed by atoms with E-state index in [4.69, 9.17) is 0 Å². The van der Waals surface area contributed by atoms with Gasteiger partial charge in [-0.3, -0.25) is 19.3 Å². The number of rotatable bonds is 4. The monoisotopic (exact) mass is 417 g/mol. The van der Waals surface area contributed by atoms with Crippen LogP contribution in [0.2, 0.25) is 0 Å². The summed E-state index contributed by atoms with van der Waals surface area (Å²) in [6.07, 6.45) is 5.54. The molecule has 1 atom stereocenters. The fourth-order valence-corrected chi connectivity index (χ4v) is 5.37. The summed E-state index contributed by atoms with van der Waals surface area (Å²) >= 11 is 0. The van der Waals surface area contributed by atoms with Crippen molar-refractivity contribution in [3.05, 3.63) is 59.2 Å². The van der Waals surface area contributed by atoms with E-state index in [2.05, 4.69) is 11.4 Å². The highest BCUT2D eigenvalue weighted by Gasteiger charge is 2.52. The second-order valence-electron chi connectivity index (χ2n) is 8.87. The van der Waals surface area contributed by atoms with E-state index in [1.165, 1.54) is 17.5 Å². The van der Waals surface area contributed by atoms with Crippen LogP contribution in [0.3, 0.4) is 0 Å². The minimum atomic E-state index is -0.727. The molecular weight excluding hydrogens is 390 g/mol. The van der Waals surface area contributed by atoms with Gasteiger partial charge >= 0.3 is 0 Å². The third kappa shape index (κ3) is 3.21. The summed E-state index contributed by atoms with van der Waals surface area (Å²) in [4.78, 5) is 42.2. The van der Waals surface area contributed by atoms with Gasteiger partial charge in [-0.15, -0.1) is 0 Å². The predicted octanol–water partition coefficient (Wildman–Crippen LogP) is 3.89. The Labute approximate surface area is 182 Å². The lowest BCUT2D eigenvalue weighted by molar-refractivity contribution is -0.117. The molecule has 2 aromatic rings. The smallest absolute Gasteiger partial charge is 0.257 e. The fraction of sp³-hybridized carbons (Fsp3) is 0.400. The van der Waals surface area contributed by atoms with Crippen LogP contribution in [0, 0.1) is 0 Å². The summed E-state index contributed by atoms with van der Waals surface area (Å²) in [6.45, 7) is 2.20. The van der Waals surface area contributed by atoms with Crippen LogP contribution >= 0.6 is 0 Å². The van der Waals surface area contributed by atoms with Crippen LogP contribution in [0.25, 0.3) is 0 Å². The summed E-state index contributed by atoms with van der Waals surface area (Å²) in [5, 5.41) is 3.07. The van der Waals surface area contributed by atoms with Gasteiger partial charge in [-0.2, -0.15) is 0 Å². The zero-order valence-corrected chi connectivity index (χ0v) is 17.8. The molecule has 6 heteroatoms. The van der Waals surface area contributed by atoms with Gasteiger partial charge in [0.2, 0.25) is 11.8 Å². The molecule has 0 saturated carbocycles. The SMILES string of the molecule is CC12CCC(=O)N1c1ccccc1C(=O)N2CCC(=O)Nc1cccc2c1CCCC2. The maximum Gasteiger partial charge on any atom is 0.257 e. The molecule has 1 aliphatic carbocycles. The number of fused-ring (bicyclic) bond motifs is 4. The minimum absolute atomic E-state index is 0.0211. The van der Waals surface area contributed by atoms with E-state index in [1.54, 1.807) is 15.9 Å². The van der Waals surface area contributed by atoms with Crippen molar-refractivity contribution in [2.75, 3.05) is 16.8 Å². The Morgan fingerprint density at radius 2 is 1.84 bits per heavy atom. The first kappa shape index (κ1) is 19.8. The van der Waals surface area contributed by atoms with Gasteiger partial charge in [-0.1, -0.05) is 24.3 Å². The molecule has 0 aromatic heterocycles. The van der Waals surface area contributed by atoms with E-state index >= 15 is 0 Å². The molecular formula is C25H27N3O3. The first-order valence-electron chi connectivity index (χ1n) is 11.1. The molecule has 2 aliphatic heterocycles. The summed E-state index contributed by atoms with van der Waals surface area (Å²) in [7, 11) is 0. The largest absolute Gasteiger partial charge is 0.326 e. The average molecular weight is 418 g/mol. The lowest BCUT2D eigenvalue weighted by Crippen LogP contribution is -2.62. The van der Waals surface area contributed by atoms with Crippen molar-refractivity contribution in [2.24, 2.45) is 0 Å². The molecule has 5 rings (SSSR count). The number of hydrogen-bond donors (Lipinski definition) is 1. The van der Waals surface area contributed by atoms with E-state index in [1.807, 2.05) is 37.3 Å². The molecule has 0 bridgehead atoms. The normalized spacial score (nSPS) is 22.1. The van der Waals surface area contributed by atoms with Gasteiger partial charge in [-0.25, -0.2) is 0 Å². The Bertz CT molecular complexity index is 1080. The molecule has 1 saturated heterocycles. The molecule has 1 unspecified atom stereocenters. The summed E-state index contributed by atoms with van der Waals surface area (Å²) < 4.78 is 0. The van der Waals surface area contributed by atoms with Crippen LogP contribution in [-0.2, 0) is 22.4 Å². The van der Waals surface area contributed by atoms with Crippen molar-refractivity contribution in [3.63, 3.8) is 0 Å². The number of benzene rings is 2. The first-order valence-corrected chi connectivity index (χ1v) is 11.1. The number of nitrogens with zero attached hydrogens (tertiary/aromatic N) is 2. The first-order chi connectivity index (χ1) is 15.0. The summed E-state index contributed by atoms with van der Waals surface area (Å²) in [5.41, 5.74) is 3.92. The topological polar surface area (TPSA) is 69.7 Å². The van der Waals surface area contributed by atoms with Crippen LogP contribution < -0.4 is 10.2 Å². The second-order valence-corrected chi connectivity index (χ2v) is 8.87. The van der Waals surface area contributed by atoms with Crippen molar-refractivity contribution in [3.8, 4) is 0 Å². The van der Waals surface area contributed by atoms with E-state index < -0.39 is 5.66 Å². The highest BCUT2D eigenvalue weighted by molar-refractivity contribution is 6.10. The third-order valence-corrected chi connectivity index (χ3v) is 6.98. The van der Waals surface area contributed by atoms with Crippen molar-refractivity contribution in [1.82, 2.24) is 4.90 Å². The van der Waals surface area contributed by atoms with Crippen LogP contribution in [0.5, 0.6) is 0 Å². The Balaban J connectivity index is 1.35. The molecule has 31 heavy (non-hydrogen) atoms. The van der Waals surface area contributed by atoms with Crippen molar-refractivity contribution in [1.29, 1.82) is 0 Å². The van der Waals surface area contributed by atoms with Crippen molar-refractivity contribution >= 4 is 29.1 Å². The van der Waals surface area contributed by atoms with Crippen LogP contribution in [0.15, 0.2) is 42.5 Å². The molecule has 0 spiro atoms. The van der Waals surface area contributed by atoms with Gasteiger partial charge in [-0.05, 0) is 68.4 Å². The van der Waals surface area contributed by atoms with Gasteiger partial charge < -0.3 is 10.2 Å². The number of carbonyl (C=O) groups is 3. The lowest BCUT2D eigenvalue weighted by Gasteiger charge is -2.48. The Morgan fingerprint density at radius 3 is 2.71 bits per heavy atom. The zero-order valence-electron chi connectivity index (χ0n) is 17.8. The third-order valence-electron chi connectivity index (χ3n) is 6.98. The van der Waals surface area contributed by atoms with Gasteiger partial charge in [0.1, 0.15) is 5.66 Å². The van der Waals surface area contributed by atoms with Gasteiger partial charge in [0.25, 0.3) is 5.91 Å². The average Bonchev–Trinajstić information content (AvgIpc) is 3.09. The zero-order chi connectivity index (χ0) is 21.6. The molecule has 6 nitrogen and oxygen atoms in total. The number of aryl methyl sites for hydroxylation is 1. The van der Waals surface area contributed by atoms with Gasteiger partial charge in [0, 0.05) is 25.1 Å². The molecule has 2 aromatic carbocycles. The molecule has 0 radical (unpaired) electrons. The standard InChI is InChI=1S/C25H27N3O3/c1-25-15-13-23(30)28(25)21-12-5-4-10-19(21)24(31)27(25)16-14-22(29)26-20-11-6-8-17-7-2-3-9-18(17)20/h4-6,8,10-12H,2-3,7,9,13-16H2,1H3,(H,26,29). The number of nitrogens with one attached hydrogen (secondary N) is 1. The van der Waals surface area contributed by atoms with Crippen molar-refractivity contribution in [2.45, 2.75) is 57.5 Å². The van der Waals surface area contributed by atoms with Crippen LogP contribution in [-0.4, -0.2) is 34.8 Å². The molecule has 2 heterocycles. The molecule has 1 N–H and O–H groups in total. The Hall–Kier alpha value is -3.15. The summed E-state index contributed by atoms with van der Waals surface area (Å²) in [5.74, 6) is -0.202. The Morgan fingerprint density at radius 1 is 1.03 bits per heavy atom. The number of carbonyl (C=O) groups excluding carboxylic acids is 3. The molecule has 160 valence electrons. The number of amides is 3. The Kier molecular flexibility index (Phi) is 4.80. The molecule has 1 fully saturated rings. The maximum atomic E-state index is 13.3. The fourth-order valence-electron chi connectivity index (χ4n) is 5.37. The number of para-hydroxylation sites is 1. The lowest BCUT2D eigenvalue weighted by atomic mass is 9.90. The van der Waals surface area contributed by atoms with Crippen LogP contribution in [0.4, 0.5) is 11.4 Å². The van der Waals surface area contributed by atoms with E-state index in [9.17, 15) is 14.4 Å². The van der Waals surface area contributed by atoms with Crippen LogP contribution in [0.1, 0.15) is 60.5 Å². The highest BCUT2D eigenvalue weighted by atomic mass is 16.2. The van der Waals surface area contributed by atoms with Gasteiger partial charge in [0.15, 0.2) is 0 Å². The number of hydrogen-bond acceptors (Lipinski definition) is 3. The molecule has 3 aliphatic rings. The quantitative estimate of drug-likeness (QED) is 0.820. The van der Waals surface area contributed by atoms with Crippen molar-refractivity contribution < 1.29 is 14.4 Å². The van der Waals surface area contributed by atoms with E-state index in [0.29, 0.717) is 24.1 Å². The highest BCUT2D eigenvalue weighted by Crippen LogP contribution is 2.44. The predicted molar refractivity (Wildman–Crippen MR) is 119 cm³/mol. The van der Waals surface area contributed by atoms with Gasteiger partial charge in [0.05, 0.1) is 11.3 Å². The van der Waals surface area contributed by atoms with E-state index in [-0.39, 0.29) is 30.7 Å². The minimum Gasteiger partial charge on any atom is -0.326 e.